The Hall–Kier alpha value is -3.59. The van der Waals surface area contributed by atoms with E-state index in [9.17, 15) is 17.6 Å². The normalized spacial score (nSPS) is 11.0. The third kappa shape index (κ3) is 6.01. The maximum absolute atomic E-state index is 13.9. The lowest BCUT2D eigenvalue weighted by molar-refractivity contribution is 0.0773. The Bertz CT molecular complexity index is 1230. The molecule has 174 valence electrons. The number of rotatable bonds is 9. The fraction of sp³-hybridized carbons (Fsp3) is 0.208. The molecule has 0 aromatic heterocycles. The lowest BCUT2D eigenvalue weighted by Gasteiger charge is -2.19. The first-order valence-corrected chi connectivity index (χ1v) is 11.6. The highest BCUT2D eigenvalue weighted by molar-refractivity contribution is 7.92. The van der Waals surface area contributed by atoms with Crippen LogP contribution in [-0.4, -0.2) is 46.5 Å². The van der Waals surface area contributed by atoms with Crippen LogP contribution < -0.4 is 14.2 Å². The van der Waals surface area contributed by atoms with Crippen LogP contribution in [0.5, 0.6) is 11.5 Å². The Labute approximate surface area is 192 Å². The van der Waals surface area contributed by atoms with Crippen LogP contribution in [0.3, 0.4) is 0 Å². The third-order valence-electron chi connectivity index (χ3n) is 4.97. The summed E-state index contributed by atoms with van der Waals surface area (Å²) in [6.07, 6.45) is 0. The van der Waals surface area contributed by atoms with E-state index in [4.69, 9.17) is 9.47 Å². The monoisotopic (exact) mass is 472 g/mol. The number of likely N-dealkylation sites (N-methyl/N-ethyl adjacent to an activating group) is 1. The molecular formula is C24H25FN2O5S. The minimum absolute atomic E-state index is 0.136. The molecule has 9 heteroatoms. The first kappa shape index (κ1) is 24.1. The molecule has 0 bridgehead atoms. The number of anilines is 1. The van der Waals surface area contributed by atoms with Crippen molar-refractivity contribution in [1.29, 1.82) is 0 Å². The van der Waals surface area contributed by atoms with Gasteiger partial charge in [0.2, 0.25) is 0 Å². The molecule has 0 radical (unpaired) electrons. The number of hydrogen-bond acceptors (Lipinski definition) is 5. The number of nitrogens with zero attached hydrogens (tertiary/aromatic N) is 1. The van der Waals surface area contributed by atoms with Gasteiger partial charge < -0.3 is 14.4 Å². The van der Waals surface area contributed by atoms with E-state index in [2.05, 4.69) is 4.72 Å². The Morgan fingerprint density at radius 1 is 1.03 bits per heavy atom. The highest BCUT2D eigenvalue weighted by Crippen LogP contribution is 2.22. The summed E-state index contributed by atoms with van der Waals surface area (Å²) in [5.74, 6) is 0.305. The molecule has 1 N–H and O–H groups in total. The molecule has 0 unspecified atom stereocenters. The molecule has 0 saturated carbocycles. The minimum atomic E-state index is -4.09. The second kappa shape index (κ2) is 10.4. The number of ether oxygens (including phenoxy) is 2. The second-order valence-electron chi connectivity index (χ2n) is 7.31. The highest BCUT2D eigenvalue weighted by atomic mass is 32.2. The Morgan fingerprint density at radius 2 is 1.70 bits per heavy atom. The van der Waals surface area contributed by atoms with Gasteiger partial charge in [0.25, 0.3) is 15.9 Å². The molecule has 0 atom stereocenters. The Kier molecular flexibility index (Phi) is 7.55. The van der Waals surface area contributed by atoms with Crippen LogP contribution in [0, 0.1) is 12.7 Å². The zero-order valence-electron chi connectivity index (χ0n) is 18.5. The van der Waals surface area contributed by atoms with Gasteiger partial charge in [-0.1, -0.05) is 18.2 Å². The van der Waals surface area contributed by atoms with Crippen molar-refractivity contribution in [1.82, 2.24) is 4.90 Å². The van der Waals surface area contributed by atoms with Gasteiger partial charge in [-0.25, -0.2) is 12.8 Å². The van der Waals surface area contributed by atoms with E-state index in [-0.39, 0.29) is 35.2 Å². The number of nitrogens with one attached hydrogen (secondary N) is 1. The van der Waals surface area contributed by atoms with Crippen LogP contribution in [0.2, 0.25) is 0 Å². The largest absolute Gasteiger partial charge is 0.497 e. The van der Waals surface area contributed by atoms with E-state index in [0.717, 1.165) is 6.07 Å². The topological polar surface area (TPSA) is 84.9 Å². The molecule has 3 aromatic carbocycles. The van der Waals surface area contributed by atoms with E-state index >= 15 is 0 Å². The van der Waals surface area contributed by atoms with Crippen LogP contribution in [-0.2, 0) is 10.0 Å². The lowest BCUT2D eigenvalue weighted by atomic mass is 10.1. The maximum Gasteiger partial charge on any atom is 0.262 e. The van der Waals surface area contributed by atoms with E-state index in [1.54, 1.807) is 51.4 Å². The van der Waals surface area contributed by atoms with Crippen molar-refractivity contribution < 1.29 is 27.1 Å². The van der Waals surface area contributed by atoms with Gasteiger partial charge >= 0.3 is 0 Å². The van der Waals surface area contributed by atoms with E-state index in [0.29, 0.717) is 17.1 Å². The van der Waals surface area contributed by atoms with Crippen molar-refractivity contribution in [2.45, 2.75) is 11.8 Å². The summed E-state index contributed by atoms with van der Waals surface area (Å²) in [7, 11) is -0.902. The van der Waals surface area contributed by atoms with Crippen LogP contribution in [0.1, 0.15) is 15.9 Å². The zero-order valence-corrected chi connectivity index (χ0v) is 19.4. The van der Waals surface area contributed by atoms with Crippen molar-refractivity contribution in [3.05, 3.63) is 83.7 Å². The smallest absolute Gasteiger partial charge is 0.262 e. The number of halogens is 1. The van der Waals surface area contributed by atoms with Crippen LogP contribution in [0.25, 0.3) is 0 Å². The zero-order chi connectivity index (χ0) is 24.0. The molecule has 0 aliphatic carbocycles. The number of carbonyl (C=O) groups is 1. The summed E-state index contributed by atoms with van der Waals surface area (Å²) in [6.45, 7) is 2.25. The van der Waals surface area contributed by atoms with Crippen molar-refractivity contribution in [2.75, 3.05) is 32.0 Å². The lowest BCUT2D eigenvalue weighted by Crippen LogP contribution is -2.31. The number of carbonyl (C=O) groups excluding carboxylic acids is 1. The van der Waals surface area contributed by atoms with Crippen LogP contribution in [0.4, 0.5) is 10.1 Å². The number of aryl methyl sites for hydroxylation is 1. The van der Waals surface area contributed by atoms with Crippen molar-refractivity contribution in [2.24, 2.45) is 0 Å². The first-order chi connectivity index (χ1) is 15.7. The molecule has 7 nitrogen and oxygen atoms in total. The Balaban J connectivity index is 1.69. The summed E-state index contributed by atoms with van der Waals surface area (Å²) in [5.41, 5.74) is 0.685. The molecule has 0 saturated heterocycles. The fourth-order valence-corrected chi connectivity index (χ4v) is 4.12. The van der Waals surface area contributed by atoms with Gasteiger partial charge in [0.15, 0.2) is 0 Å². The van der Waals surface area contributed by atoms with Gasteiger partial charge in [0, 0.05) is 12.6 Å². The summed E-state index contributed by atoms with van der Waals surface area (Å²) in [4.78, 5) is 14.3. The van der Waals surface area contributed by atoms with Crippen LogP contribution in [0.15, 0.2) is 71.6 Å². The third-order valence-corrected chi connectivity index (χ3v) is 6.33. The second-order valence-corrected chi connectivity index (χ2v) is 9.00. The van der Waals surface area contributed by atoms with E-state index in [1.807, 2.05) is 0 Å². The van der Waals surface area contributed by atoms with Crippen molar-refractivity contribution in [3.63, 3.8) is 0 Å². The summed E-state index contributed by atoms with van der Waals surface area (Å²) < 4.78 is 52.4. The molecule has 33 heavy (non-hydrogen) atoms. The molecule has 1 amide bonds. The molecule has 0 spiro atoms. The van der Waals surface area contributed by atoms with Gasteiger partial charge in [-0.05, 0) is 61.0 Å². The molecule has 0 aliphatic rings. The summed E-state index contributed by atoms with van der Waals surface area (Å²) >= 11 is 0. The highest BCUT2D eigenvalue weighted by Gasteiger charge is 2.21. The number of methoxy groups -OCH3 is 1. The molecule has 0 fully saturated rings. The quantitative estimate of drug-likeness (QED) is 0.507. The fourth-order valence-electron chi connectivity index (χ4n) is 3.03. The summed E-state index contributed by atoms with van der Waals surface area (Å²) in [6, 6.07) is 16.8. The van der Waals surface area contributed by atoms with Gasteiger partial charge in [-0.2, -0.15) is 0 Å². The SMILES string of the molecule is COc1ccc(OCCN(C)C(=O)c2cc(S(=O)(=O)Nc3ccccc3F)ccc2C)cc1. The predicted octanol–water partition coefficient (Wildman–Crippen LogP) is 4.09. The van der Waals surface area contributed by atoms with Crippen molar-refractivity contribution >= 4 is 21.6 Å². The average Bonchev–Trinajstić information content (AvgIpc) is 2.80. The molecule has 0 aliphatic heterocycles. The number of sulfonamides is 1. The number of benzene rings is 3. The van der Waals surface area contributed by atoms with Gasteiger partial charge in [-0.3, -0.25) is 9.52 Å². The molecule has 3 aromatic rings. The van der Waals surface area contributed by atoms with E-state index in [1.165, 1.54) is 35.2 Å². The predicted molar refractivity (Wildman–Crippen MR) is 124 cm³/mol. The number of para-hydroxylation sites is 1. The molecule has 0 heterocycles. The molecular weight excluding hydrogens is 447 g/mol. The standard InChI is InChI=1S/C24H25FN2O5S/c1-17-8-13-20(33(29,30)26-23-7-5-4-6-22(23)25)16-21(17)24(28)27(2)14-15-32-19-11-9-18(31-3)10-12-19/h4-13,16,26H,14-15H2,1-3H3. The number of amides is 1. The van der Waals surface area contributed by atoms with Gasteiger partial charge in [0.05, 0.1) is 24.2 Å². The Morgan fingerprint density at radius 3 is 2.36 bits per heavy atom. The van der Waals surface area contributed by atoms with Gasteiger partial charge in [0.1, 0.15) is 23.9 Å². The first-order valence-electron chi connectivity index (χ1n) is 10.1. The van der Waals surface area contributed by atoms with Gasteiger partial charge in [-0.15, -0.1) is 0 Å². The number of hydrogen-bond donors (Lipinski definition) is 1. The van der Waals surface area contributed by atoms with E-state index < -0.39 is 15.8 Å². The minimum Gasteiger partial charge on any atom is -0.497 e. The van der Waals surface area contributed by atoms with Crippen LogP contribution >= 0.6 is 0 Å². The van der Waals surface area contributed by atoms with Crippen molar-refractivity contribution in [3.8, 4) is 11.5 Å². The molecule has 3 rings (SSSR count). The summed E-state index contributed by atoms with van der Waals surface area (Å²) in [5, 5.41) is 0. The average molecular weight is 473 g/mol. The maximum atomic E-state index is 13.9.